The maximum atomic E-state index is 12.9. The molecule has 2 aliphatic heterocycles. The summed E-state index contributed by atoms with van der Waals surface area (Å²) in [6, 6.07) is 5.87. The number of carbonyl (C=O) groups excluding carboxylic acids is 1. The molecule has 4 rings (SSSR count). The zero-order valence-corrected chi connectivity index (χ0v) is 11.9. The second kappa shape index (κ2) is 5.05. The van der Waals surface area contributed by atoms with Gasteiger partial charge in [0.1, 0.15) is 12.1 Å². The van der Waals surface area contributed by atoms with Gasteiger partial charge in [0, 0.05) is 29.9 Å². The lowest BCUT2D eigenvalue weighted by molar-refractivity contribution is 0.178. The molecule has 112 valence electrons. The molecule has 5 nitrogen and oxygen atoms in total. The number of anilines is 1. The number of carbonyl (C=O) groups is 1. The molecule has 1 aromatic heterocycles. The minimum absolute atomic E-state index is 0.0374. The standard InChI is InChI=1S/C16H15FN4O/c17-10-1-3-11(4-2-10)20-16(22)21-12-5-6-15(21)13-8-18-9-19-14(13)7-12/h1-4,8-9,12,15H,5-7H2,(H,20,22). The van der Waals surface area contributed by atoms with Crippen LogP contribution in [0, 0.1) is 5.82 Å². The lowest BCUT2D eigenvalue weighted by atomic mass is 10.00. The van der Waals surface area contributed by atoms with Crippen molar-refractivity contribution in [3.05, 3.63) is 53.9 Å². The topological polar surface area (TPSA) is 58.1 Å². The Morgan fingerprint density at radius 3 is 2.91 bits per heavy atom. The number of amides is 2. The quantitative estimate of drug-likeness (QED) is 0.880. The predicted molar refractivity (Wildman–Crippen MR) is 78.8 cm³/mol. The van der Waals surface area contributed by atoms with E-state index < -0.39 is 0 Å². The first-order valence-corrected chi connectivity index (χ1v) is 7.36. The van der Waals surface area contributed by atoms with Crippen LogP contribution in [-0.2, 0) is 6.42 Å². The summed E-state index contributed by atoms with van der Waals surface area (Å²) in [6.45, 7) is 0. The Morgan fingerprint density at radius 2 is 2.09 bits per heavy atom. The fourth-order valence-corrected chi connectivity index (χ4v) is 3.46. The van der Waals surface area contributed by atoms with Crippen LogP contribution in [0.4, 0.5) is 14.9 Å². The van der Waals surface area contributed by atoms with Crippen LogP contribution >= 0.6 is 0 Å². The highest BCUT2D eigenvalue weighted by Crippen LogP contribution is 2.42. The summed E-state index contributed by atoms with van der Waals surface area (Å²) >= 11 is 0. The Labute approximate surface area is 127 Å². The van der Waals surface area contributed by atoms with E-state index in [9.17, 15) is 9.18 Å². The zero-order valence-electron chi connectivity index (χ0n) is 11.9. The summed E-state index contributed by atoms with van der Waals surface area (Å²) in [7, 11) is 0. The fraction of sp³-hybridized carbons (Fsp3) is 0.312. The Kier molecular flexibility index (Phi) is 3.03. The molecule has 1 saturated heterocycles. The number of fused-ring (bicyclic) bond motifs is 4. The smallest absolute Gasteiger partial charge is 0.314 e. The number of nitrogens with zero attached hydrogens (tertiary/aromatic N) is 3. The first-order valence-electron chi connectivity index (χ1n) is 7.36. The third kappa shape index (κ3) is 2.11. The van der Waals surface area contributed by atoms with E-state index in [1.807, 2.05) is 11.1 Å². The van der Waals surface area contributed by atoms with E-state index >= 15 is 0 Å². The summed E-state index contributed by atoms with van der Waals surface area (Å²) in [5.74, 6) is -0.317. The van der Waals surface area contributed by atoms with Crippen LogP contribution in [-0.4, -0.2) is 26.9 Å². The van der Waals surface area contributed by atoms with Crippen molar-refractivity contribution in [1.82, 2.24) is 14.9 Å². The number of rotatable bonds is 1. The summed E-state index contributed by atoms with van der Waals surface area (Å²) in [5, 5.41) is 2.85. The molecule has 2 bridgehead atoms. The van der Waals surface area contributed by atoms with Crippen LogP contribution in [0.1, 0.15) is 30.1 Å². The van der Waals surface area contributed by atoms with Gasteiger partial charge in [-0.25, -0.2) is 19.2 Å². The van der Waals surface area contributed by atoms with E-state index in [-0.39, 0.29) is 23.9 Å². The van der Waals surface area contributed by atoms with Crippen molar-refractivity contribution in [3.63, 3.8) is 0 Å². The minimum Gasteiger partial charge on any atom is -0.314 e. The zero-order chi connectivity index (χ0) is 15.1. The van der Waals surface area contributed by atoms with Gasteiger partial charge < -0.3 is 10.2 Å². The number of halogens is 1. The molecule has 2 aliphatic rings. The average Bonchev–Trinajstić information content (AvgIpc) is 2.85. The third-order valence-electron chi connectivity index (χ3n) is 4.45. The van der Waals surface area contributed by atoms with E-state index in [0.29, 0.717) is 5.69 Å². The molecular weight excluding hydrogens is 283 g/mol. The van der Waals surface area contributed by atoms with Gasteiger partial charge >= 0.3 is 6.03 Å². The first kappa shape index (κ1) is 13.2. The molecular formula is C16H15FN4O. The van der Waals surface area contributed by atoms with Crippen molar-refractivity contribution in [3.8, 4) is 0 Å². The highest BCUT2D eigenvalue weighted by atomic mass is 19.1. The maximum Gasteiger partial charge on any atom is 0.322 e. The number of benzene rings is 1. The van der Waals surface area contributed by atoms with E-state index in [2.05, 4.69) is 15.3 Å². The minimum atomic E-state index is -0.317. The number of aromatic nitrogens is 2. The monoisotopic (exact) mass is 298 g/mol. The highest BCUT2D eigenvalue weighted by molar-refractivity contribution is 5.90. The van der Waals surface area contributed by atoms with E-state index in [4.69, 9.17) is 0 Å². The molecule has 2 aromatic rings. The van der Waals surface area contributed by atoms with Crippen molar-refractivity contribution < 1.29 is 9.18 Å². The number of nitrogens with one attached hydrogen (secondary N) is 1. The van der Waals surface area contributed by atoms with Crippen LogP contribution in [0.25, 0.3) is 0 Å². The molecule has 2 atom stereocenters. The molecule has 1 aromatic carbocycles. The van der Waals surface area contributed by atoms with E-state index in [1.165, 1.54) is 12.1 Å². The van der Waals surface area contributed by atoms with Crippen molar-refractivity contribution in [2.75, 3.05) is 5.32 Å². The summed E-state index contributed by atoms with van der Waals surface area (Å²) < 4.78 is 12.9. The Bertz CT molecular complexity index is 718. The first-order chi connectivity index (χ1) is 10.7. The molecule has 1 N–H and O–H groups in total. The molecule has 2 amide bonds. The Balaban J connectivity index is 1.58. The van der Waals surface area contributed by atoms with Crippen LogP contribution in [0.3, 0.4) is 0 Å². The van der Waals surface area contributed by atoms with Crippen LogP contribution in [0.2, 0.25) is 0 Å². The molecule has 3 heterocycles. The van der Waals surface area contributed by atoms with Gasteiger partial charge in [0.2, 0.25) is 0 Å². The Hall–Kier alpha value is -2.50. The van der Waals surface area contributed by atoms with Gasteiger partial charge in [-0.05, 0) is 37.1 Å². The van der Waals surface area contributed by atoms with Crippen molar-refractivity contribution in [2.45, 2.75) is 31.3 Å². The molecule has 6 heteroatoms. The maximum absolute atomic E-state index is 12.9. The van der Waals surface area contributed by atoms with Crippen LogP contribution < -0.4 is 5.32 Å². The third-order valence-corrected chi connectivity index (χ3v) is 4.45. The lowest BCUT2D eigenvalue weighted by Gasteiger charge is -2.35. The second-order valence-corrected chi connectivity index (χ2v) is 5.72. The summed E-state index contributed by atoms with van der Waals surface area (Å²) in [5.41, 5.74) is 2.69. The SMILES string of the molecule is O=C(Nc1ccc(F)cc1)N1C2CCC1c1cncnc1C2. The number of hydrogen-bond acceptors (Lipinski definition) is 3. The van der Waals surface area contributed by atoms with Crippen LogP contribution in [0.15, 0.2) is 36.8 Å². The van der Waals surface area contributed by atoms with Gasteiger partial charge in [0.05, 0.1) is 11.7 Å². The van der Waals surface area contributed by atoms with E-state index in [0.717, 1.165) is 30.5 Å². The predicted octanol–water partition coefficient (Wildman–Crippen LogP) is 2.91. The molecule has 2 unspecified atom stereocenters. The van der Waals surface area contributed by atoms with Gasteiger partial charge in [-0.1, -0.05) is 0 Å². The van der Waals surface area contributed by atoms with Gasteiger partial charge in [0.15, 0.2) is 0 Å². The molecule has 22 heavy (non-hydrogen) atoms. The van der Waals surface area contributed by atoms with Crippen molar-refractivity contribution in [1.29, 1.82) is 0 Å². The molecule has 0 spiro atoms. The van der Waals surface area contributed by atoms with E-state index in [1.54, 1.807) is 18.5 Å². The Morgan fingerprint density at radius 1 is 1.27 bits per heavy atom. The molecule has 0 aliphatic carbocycles. The van der Waals surface area contributed by atoms with Gasteiger partial charge in [-0.15, -0.1) is 0 Å². The van der Waals surface area contributed by atoms with Gasteiger partial charge in [0.25, 0.3) is 0 Å². The van der Waals surface area contributed by atoms with Gasteiger partial charge in [-0.2, -0.15) is 0 Å². The van der Waals surface area contributed by atoms with Gasteiger partial charge in [-0.3, -0.25) is 0 Å². The fourth-order valence-electron chi connectivity index (χ4n) is 3.46. The largest absolute Gasteiger partial charge is 0.322 e. The summed E-state index contributed by atoms with van der Waals surface area (Å²) in [4.78, 5) is 22.9. The number of hydrogen-bond donors (Lipinski definition) is 1. The number of urea groups is 1. The second-order valence-electron chi connectivity index (χ2n) is 5.72. The molecule has 0 saturated carbocycles. The molecule has 1 fully saturated rings. The highest BCUT2D eigenvalue weighted by Gasteiger charge is 2.43. The molecule has 0 radical (unpaired) electrons. The van der Waals surface area contributed by atoms with Crippen molar-refractivity contribution >= 4 is 11.7 Å². The van der Waals surface area contributed by atoms with Crippen LogP contribution in [0.5, 0.6) is 0 Å². The normalized spacial score (nSPS) is 22.3. The van der Waals surface area contributed by atoms with Crippen molar-refractivity contribution in [2.24, 2.45) is 0 Å². The lowest BCUT2D eigenvalue weighted by Crippen LogP contribution is -2.44. The summed E-state index contributed by atoms with van der Waals surface area (Å²) in [6.07, 6.45) is 6.05. The average molecular weight is 298 g/mol.